The quantitative estimate of drug-likeness (QED) is 0.587. The minimum absolute atomic E-state index is 0.0156. The fourth-order valence-electron chi connectivity index (χ4n) is 0.899. The zero-order valence-electron chi connectivity index (χ0n) is 7.89. The maximum Gasteiger partial charge on any atom is 0.308 e. The van der Waals surface area contributed by atoms with Gasteiger partial charge in [-0.25, -0.2) is 0 Å². The lowest BCUT2D eigenvalue weighted by Crippen LogP contribution is -2.18. The van der Waals surface area contributed by atoms with E-state index in [1.54, 1.807) is 0 Å². The second-order valence-electron chi connectivity index (χ2n) is 3.18. The molecule has 0 aliphatic heterocycles. The molecule has 0 radical (unpaired) electrons. The molecule has 0 spiro atoms. The third-order valence-electron chi connectivity index (χ3n) is 1.48. The van der Waals surface area contributed by atoms with Gasteiger partial charge in [0.2, 0.25) is 0 Å². The normalized spacial score (nSPS) is 13.2. The average Bonchev–Trinajstić information content (AvgIpc) is 1.86. The number of rotatable bonds is 4. The van der Waals surface area contributed by atoms with Gasteiger partial charge in [0.1, 0.15) is 0 Å². The van der Waals surface area contributed by atoms with Crippen molar-refractivity contribution in [1.29, 1.82) is 0 Å². The van der Waals surface area contributed by atoms with Crippen molar-refractivity contribution in [2.45, 2.75) is 46.6 Å². The van der Waals surface area contributed by atoms with Crippen LogP contribution in [0.3, 0.4) is 0 Å². The molecule has 0 unspecified atom stereocenters. The predicted molar refractivity (Wildman–Crippen MR) is 45.3 cm³/mol. The molecular weight excluding hydrogens is 140 g/mol. The zero-order valence-corrected chi connectivity index (χ0v) is 7.89. The van der Waals surface area contributed by atoms with Crippen molar-refractivity contribution in [3.05, 3.63) is 0 Å². The van der Waals surface area contributed by atoms with Crippen LogP contribution in [0.2, 0.25) is 0 Å². The van der Waals surface area contributed by atoms with Gasteiger partial charge in [0.05, 0.1) is 12.0 Å². The van der Waals surface area contributed by atoms with E-state index in [1.165, 1.54) is 0 Å². The highest BCUT2D eigenvalue weighted by molar-refractivity contribution is 5.72. The van der Waals surface area contributed by atoms with Gasteiger partial charge in [-0.15, -0.1) is 0 Å². The topological polar surface area (TPSA) is 26.3 Å². The highest BCUT2D eigenvalue weighted by atomic mass is 16.5. The first kappa shape index (κ1) is 10.5. The first-order valence-corrected chi connectivity index (χ1v) is 4.28. The molecule has 0 bridgehead atoms. The first-order chi connectivity index (χ1) is 5.07. The standard InChI is InChI=1S/C9H18O2/c1-5-6-8(4)9(10)11-7(2)3/h7-8H,5-6H2,1-4H3/t8-/m1/s1. The van der Waals surface area contributed by atoms with Gasteiger partial charge in [-0.3, -0.25) is 4.79 Å². The second kappa shape index (κ2) is 5.16. The lowest BCUT2D eigenvalue weighted by molar-refractivity contribution is -0.152. The van der Waals surface area contributed by atoms with Crippen LogP contribution in [0.1, 0.15) is 40.5 Å². The van der Waals surface area contributed by atoms with E-state index in [-0.39, 0.29) is 18.0 Å². The van der Waals surface area contributed by atoms with E-state index in [0.717, 1.165) is 12.8 Å². The Morgan fingerprint density at radius 1 is 1.36 bits per heavy atom. The average molecular weight is 158 g/mol. The van der Waals surface area contributed by atoms with E-state index in [9.17, 15) is 4.79 Å². The Balaban J connectivity index is 3.64. The van der Waals surface area contributed by atoms with Gasteiger partial charge in [-0.2, -0.15) is 0 Å². The van der Waals surface area contributed by atoms with Crippen molar-refractivity contribution >= 4 is 5.97 Å². The summed E-state index contributed by atoms with van der Waals surface area (Å²) in [5.41, 5.74) is 0. The molecule has 11 heavy (non-hydrogen) atoms. The van der Waals surface area contributed by atoms with Crippen LogP contribution in [0, 0.1) is 5.92 Å². The van der Waals surface area contributed by atoms with E-state index in [4.69, 9.17) is 4.74 Å². The van der Waals surface area contributed by atoms with Crippen molar-refractivity contribution in [3.8, 4) is 0 Å². The number of esters is 1. The first-order valence-electron chi connectivity index (χ1n) is 4.28. The highest BCUT2D eigenvalue weighted by Gasteiger charge is 2.13. The zero-order chi connectivity index (χ0) is 8.85. The molecule has 66 valence electrons. The number of carbonyl (C=O) groups excluding carboxylic acids is 1. The van der Waals surface area contributed by atoms with Gasteiger partial charge in [0.15, 0.2) is 0 Å². The van der Waals surface area contributed by atoms with Crippen molar-refractivity contribution in [2.75, 3.05) is 0 Å². The van der Waals surface area contributed by atoms with Crippen LogP contribution in [0.25, 0.3) is 0 Å². The minimum Gasteiger partial charge on any atom is -0.463 e. The third-order valence-corrected chi connectivity index (χ3v) is 1.48. The fraction of sp³-hybridized carbons (Fsp3) is 0.889. The fourth-order valence-corrected chi connectivity index (χ4v) is 0.899. The maximum atomic E-state index is 11.1. The molecule has 0 amide bonds. The van der Waals surface area contributed by atoms with E-state index >= 15 is 0 Å². The molecule has 0 aliphatic carbocycles. The van der Waals surface area contributed by atoms with Gasteiger partial charge in [-0.1, -0.05) is 20.3 Å². The largest absolute Gasteiger partial charge is 0.463 e. The summed E-state index contributed by atoms with van der Waals surface area (Å²) in [5, 5.41) is 0. The summed E-state index contributed by atoms with van der Waals surface area (Å²) in [7, 11) is 0. The van der Waals surface area contributed by atoms with E-state index in [1.807, 2.05) is 20.8 Å². The molecule has 0 saturated carbocycles. The lowest BCUT2D eigenvalue weighted by atomic mass is 10.1. The Bertz CT molecular complexity index is 119. The Kier molecular flexibility index (Phi) is 4.92. The van der Waals surface area contributed by atoms with Crippen LogP contribution < -0.4 is 0 Å². The summed E-state index contributed by atoms with van der Waals surface area (Å²) >= 11 is 0. The summed E-state index contributed by atoms with van der Waals surface area (Å²) in [6.45, 7) is 7.72. The van der Waals surface area contributed by atoms with Gasteiger partial charge in [0, 0.05) is 0 Å². The molecule has 0 aromatic carbocycles. The number of hydrogen-bond acceptors (Lipinski definition) is 2. The molecule has 0 N–H and O–H groups in total. The molecule has 2 nitrogen and oxygen atoms in total. The number of hydrogen-bond donors (Lipinski definition) is 0. The lowest BCUT2D eigenvalue weighted by Gasteiger charge is -2.12. The molecule has 0 aliphatic rings. The van der Waals surface area contributed by atoms with E-state index in [2.05, 4.69) is 6.92 Å². The number of carbonyl (C=O) groups is 1. The number of ether oxygens (including phenoxy) is 1. The van der Waals surface area contributed by atoms with E-state index < -0.39 is 0 Å². The van der Waals surface area contributed by atoms with Crippen molar-refractivity contribution in [1.82, 2.24) is 0 Å². The summed E-state index contributed by atoms with van der Waals surface area (Å²) in [6.07, 6.45) is 1.97. The smallest absolute Gasteiger partial charge is 0.308 e. The van der Waals surface area contributed by atoms with Crippen molar-refractivity contribution in [3.63, 3.8) is 0 Å². The van der Waals surface area contributed by atoms with E-state index in [0.29, 0.717) is 0 Å². The monoisotopic (exact) mass is 158 g/mol. The molecule has 2 heteroatoms. The summed E-state index contributed by atoms with van der Waals surface area (Å²) in [5.74, 6) is -0.00995. The second-order valence-corrected chi connectivity index (χ2v) is 3.18. The summed E-state index contributed by atoms with van der Waals surface area (Å²) in [6, 6.07) is 0. The summed E-state index contributed by atoms with van der Waals surface area (Å²) in [4.78, 5) is 11.1. The van der Waals surface area contributed by atoms with Gasteiger partial charge in [0.25, 0.3) is 0 Å². The highest BCUT2D eigenvalue weighted by Crippen LogP contribution is 2.08. The van der Waals surface area contributed by atoms with Crippen LogP contribution in [0.15, 0.2) is 0 Å². The van der Waals surface area contributed by atoms with Gasteiger partial charge >= 0.3 is 5.97 Å². The van der Waals surface area contributed by atoms with Gasteiger partial charge in [-0.05, 0) is 20.3 Å². The van der Waals surface area contributed by atoms with Crippen LogP contribution in [0.5, 0.6) is 0 Å². The predicted octanol–water partition coefficient (Wildman–Crippen LogP) is 2.37. The molecule has 0 rings (SSSR count). The third kappa shape index (κ3) is 4.82. The molecule has 0 heterocycles. The maximum absolute atomic E-state index is 11.1. The molecule has 0 fully saturated rings. The Morgan fingerprint density at radius 2 is 1.91 bits per heavy atom. The molecule has 0 aromatic rings. The van der Waals surface area contributed by atoms with Crippen LogP contribution in [-0.2, 0) is 9.53 Å². The molecule has 1 atom stereocenters. The Labute approximate surface area is 68.9 Å². The van der Waals surface area contributed by atoms with Crippen molar-refractivity contribution < 1.29 is 9.53 Å². The minimum atomic E-state index is -0.0677. The molecular formula is C9H18O2. The van der Waals surface area contributed by atoms with Crippen LogP contribution in [0.4, 0.5) is 0 Å². The van der Waals surface area contributed by atoms with Gasteiger partial charge < -0.3 is 4.74 Å². The molecule has 0 saturated heterocycles. The Morgan fingerprint density at radius 3 is 2.27 bits per heavy atom. The summed E-state index contributed by atoms with van der Waals surface area (Å²) < 4.78 is 5.03. The molecule has 0 aromatic heterocycles. The Hall–Kier alpha value is -0.530. The van der Waals surface area contributed by atoms with Crippen LogP contribution >= 0.6 is 0 Å². The SMILES string of the molecule is CCC[C@@H](C)C(=O)OC(C)C. The van der Waals surface area contributed by atoms with Crippen LogP contribution in [-0.4, -0.2) is 12.1 Å². The van der Waals surface area contributed by atoms with Crippen molar-refractivity contribution in [2.24, 2.45) is 5.92 Å².